The second kappa shape index (κ2) is 9.53. The van der Waals surface area contributed by atoms with Crippen LogP contribution >= 0.6 is 11.3 Å². The van der Waals surface area contributed by atoms with Gasteiger partial charge in [0.15, 0.2) is 0 Å². The van der Waals surface area contributed by atoms with Gasteiger partial charge < -0.3 is 15.4 Å². The predicted octanol–water partition coefficient (Wildman–Crippen LogP) is 3.81. The van der Waals surface area contributed by atoms with Gasteiger partial charge in [0.25, 0.3) is 0 Å². The minimum Gasteiger partial charge on any atom is -0.381 e. The number of ether oxygens (including phenoxy) is 1. The highest BCUT2D eigenvalue weighted by Crippen LogP contribution is 2.25. The average molecular weight is 334 g/mol. The Morgan fingerprint density at radius 1 is 1.22 bits per heavy atom. The number of hydrogen-bond donors (Lipinski definition) is 2. The first-order valence-electron chi connectivity index (χ1n) is 8.21. The van der Waals surface area contributed by atoms with Gasteiger partial charge in [-0.3, -0.25) is 0 Å². The third-order valence-corrected chi connectivity index (χ3v) is 4.46. The number of benzene rings is 1. The number of hydrogen-bond acceptors (Lipinski definition) is 3. The van der Waals surface area contributed by atoms with Crippen LogP contribution in [-0.2, 0) is 11.2 Å². The lowest BCUT2D eigenvalue weighted by molar-refractivity contribution is 0.108. The molecule has 5 heteroatoms. The first kappa shape index (κ1) is 17.8. The summed E-state index contributed by atoms with van der Waals surface area (Å²) in [7, 11) is 0. The fraction of sp³-hybridized carbons (Fsp3) is 0.500. The lowest BCUT2D eigenvalue weighted by Gasteiger charge is -2.09. The van der Waals surface area contributed by atoms with Crippen LogP contribution in [0.25, 0.3) is 10.1 Å². The molecule has 126 valence electrons. The van der Waals surface area contributed by atoms with Gasteiger partial charge in [0.05, 0.1) is 0 Å². The Morgan fingerprint density at radius 3 is 2.83 bits per heavy atom. The van der Waals surface area contributed by atoms with Crippen molar-refractivity contribution in [1.82, 2.24) is 10.6 Å². The summed E-state index contributed by atoms with van der Waals surface area (Å²) in [5.41, 5.74) is 1.30. The van der Waals surface area contributed by atoms with Crippen molar-refractivity contribution in [3.8, 4) is 0 Å². The van der Waals surface area contributed by atoms with E-state index in [2.05, 4.69) is 54.1 Å². The molecule has 0 saturated carbocycles. The van der Waals surface area contributed by atoms with Crippen molar-refractivity contribution in [3.63, 3.8) is 0 Å². The second-order valence-electron chi connectivity index (χ2n) is 6.01. The van der Waals surface area contributed by atoms with E-state index < -0.39 is 0 Å². The zero-order chi connectivity index (χ0) is 16.5. The standard InChI is InChI=1S/C18H26N2O2S/c1-14(2)12-22-11-5-9-19-18(21)20-10-8-15-13-23-17-7-4-3-6-16(15)17/h3-4,6-7,13-14H,5,8-12H2,1-2H3,(H2,19,20,21). The molecule has 0 bridgehead atoms. The van der Waals surface area contributed by atoms with Crippen molar-refractivity contribution < 1.29 is 9.53 Å². The molecule has 2 amide bonds. The summed E-state index contributed by atoms with van der Waals surface area (Å²) in [5, 5.41) is 9.24. The van der Waals surface area contributed by atoms with Crippen LogP contribution in [-0.4, -0.2) is 32.3 Å². The van der Waals surface area contributed by atoms with Gasteiger partial charge in [-0.25, -0.2) is 4.79 Å². The number of carbonyl (C=O) groups excluding carboxylic acids is 1. The molecule has 0 aliphatic heterocycles. The smallest absolute Gasteiger partial charge is 0.314 e. The molecule has 0 spiro atoms. The molecule has 0 fully saturated rings. The lowest BCUT2D eigenvalue weighted by atomic mass is 10.1. The van der Waals surface area contributed by atoms with Crippen molar-refractivity contribution in [2.24, 2.45) is 5.92 Å². The summed E-state index contributed by atoms with van der Waals surface area (Å²) in [6.45, 7) is 7.02. The molecule has 0 aliphatic rings. The van der Waals surface area contributed by atoms with Crippen LogP contribution in [0.3, 0.4) is 0 Å². The first-order chi connectivity index (χ1) is 11.2. The summed E-state index contributed by atoms with van der Waals surface area (Å²) in [6.07, 6.45) is 1.70. The molecule has 0 saturated heterocycles. The molecule has 0 unspecified atom stereocenters. The van der Waals surface area contributed by atoms with Gasteiger partial charge in [-0.1, -0.05) is 32.0 Å². The van der Waals surface area contributed by atoms with Crippen molar-refractivity contribution in [3.05, 3.63) is 35.2 Å². The third-order valence-electron chi connectivity index (χ3n) is 3.44. The summed E-state index contributed by atoms with van der Waals surface area (Å²) >= 11 is 1.75. The first-order valence-corrected chi connectivity index (χ1v) is 9.09. The fourth-order valence-electron chi connectivity index (χ4n) is 2.29. The summed E-state index contributed by atoms with van der Waals surface area (Å²) in [5.74, 6) is 0.555. The fourth-order valence-corrected chi connectivity index (χ4v) is 3.29. The zero-order valence-electron chi connectivity index (χ0n) is 13.9. The van der Waals surface area contributed by atoms with Crippen molar-refractivity contribution >= 4 is 27.5 Å². The number of nitrogens with one attached hydrogen (secondary N) is 2. The molecule has 0 aliphatic carbocycles. The molecule has 2 N–H and O–H groups in total. The molecular weight excluding hydrogens is 308 g/mol. The Hall–Kier alpha value is -1.59. The van der Waals surface area contributed by atoms with Crippen molar-refractivity contribution in [2.75, 3.05) is 26.3 Å². The molecule has 2 rings (SSSR count). The quantitative estimate of drug-likeness (QED) is 0.685. The molecule has 1 heterocycles. The summed E-state index contributed by atoms with van der Waals surface area (Å²) < 4.78 is 6.78. The van der Waals surface area contributed by atoms with Crippen LogP contribution in [0.2, 0.25) is 0 Å². The normalized spacial score (nSPS) is 11.1. The van der Waals surface area contributed by atoms with Gasteiger partial charge in [0, 0.05) is 31.0 Å². The maximum absolute atomic E-state index is 11.7. The van der Waals surface area contributed by atoms with Crippen LogP contribution in [0.4, 0.5) is 4.79 Å². The van der Waals surface area contributed by atoms with Gasteiger partial charge in [0.1, 0.15) is 0 Å². The molecule has 0 atom stereocenters. The number of carbonyl (C=O) groups is 1. The Balaban J connectivity index is 1.58. The van der Waals surface area contributed by atoms with Crippen LogP contribution in [0.1, 0.15) is 25.8 Å². The highest BCUT2D eigenvalue weighted by Gasteiger charge is 2.04. The maximum Gasteiger partial charge on any atom is 0.314 e. The molecule has 23 heavy (non-hydrogen) atoms. The predicted molar refractivity (Wildman–Crippen MR) is 97.2 cm³/mol. The largest absolute Gasteiger partial charge is 0.381 e. The van der Waals surface area contributed by atoms with E-state index in [0.717, 1.165) is 19.4 Å². The Labute approximate surface area is 142 Å². The van der Waals surface area contributed by atoms with Crippen molar-refractivity contribution in [1.29, 1.82) is 0 Å². The van der Waals surface area contributed by atoms with Crippen LogP contribution in [0.5, 0.6) is 0 Å². The second-order valence-corrected chi connectivity index (χ2v) is 6.92. The monoisotopic (exact) mass is 334 g/mol. The zero-order valence-corrected chi connectivity index (χ0v) is 14.7. The van der Waals surface area contributed by atoms with Gasteiger partial charge in [0.2, 0.25) is 0 Å². The van der Waals surface area contributed by atoms with Crippen molar-refractivity contribution in [2.45, 2.75) is 26.7 Å². The molecule has 1 aromatic carbocycles. The maximum atomic E-state index is 11.7. The van der Waals surface area contributed by atoms with E-state index in [1.165, 1.54) is 15.6 Å². The minimum absolute atomic E-state index is 0.103. The van der Waals surface area contributed by atoms with E-state index in [-0.39, 0.29) is 6.03 Å². The SMILES string of the molecule is CC(C)COCCCNC(=O)NCCc1csc2ccccc12. The number of amides is 2. The Bertz CT molecular complexity index is 610. The third kappa shape index (κ3) is 6.20. The van der Waals surface area contributed by atoms with Crippen LogP contribution in [0.15, 0.2) is 29.6 Å². The minimum atomic E-state index is -0.103. The molecule has 4 nitrogen and oxygen atoms in total. The molecule has 1 aromatic heterocycles. The number of fused-ring (bicyclic) bond motifs is 1. The molecule has 0 radical (unpaired) electrons. The van der Waals surface area contributed by atoms with Crippen LogP contribution in [0, 0.1) is 5.92 Å². The number of urea groups is 1. The van der Waals surface area contributed by atoms with Gasteiger partial charge in [-0.15, -0.1) is 11.3 Å². The molecule has 2 aromatic rings. The van der Waals surface area contributed by atoms with Gasteiger partial charge >= 0.3 is 6.03 Å². The van der Waals surface area contributed by atoms with E-state index in [0.29, 0.717) is 25.6 Å². The van der Waals surface area contributed by atoms with Gasteiger partial charge in [-0.05, 0) is 41.2 Å². The highest BCUT2D eigenvalue weighted by atomic mass is 32.1. The van der Waals surface area contributed by atoms with E-state index in [1.54, 1.807) is 11.3 Å². The summed E-state index contributed by atoms with van der Waals surface area (Å²) in [4.78, 5) is 11.7. The Morgan fingerprint density at radius 2 is 2.00 bits per heavy atom. The van der Waals surface area contributed by atoms with Gasteiger partial charge in [-0.2, -0.15) is 0 Å². The highest BCUT2D eigenvalue weighted by molar-refractivity contribution is 7.17. The van der Waals surface area contributed by atoms with Crippen LogP contribution < -0.4 is 10.6 Å². The van der Waals surface area contributed by atoms with E-state index in [1.807, 2.05) is 0 Å². The lowest BCUT2D eigenvalue weighted by Crippen LogP contribution is -2.37. The topological polar surface area (TPSA) is 50.4 Å². The Kier molecular flexibility index (Phi) is 7.36. The number of thiophene rings is 1. The van der Waals surface area contributed by atoms with E-state index in [9.17, 15) is 4.79 Å². The average Bonchev–Trinajstić information content (AvgIpc) is 2.94. The van der Waals surface area contributed by atoms with E-state index in [4.69, 9.17) is 4.74 Å². The van der Waals surface area contributed by atoms with E-state index >= 15 is 0 Å². The number of rotatable bonds is 9. The summed E-state index contributed by atoms with van der Waals surface area (Å²) in [6, 6.07) is 8.27. The molecular formula is C18H26N2O2S.